The molecule has 1 aliphatic heterocycles. The van der Waals surface area contributed by atoms with Crippen LogP contribution in [-0.4, -0.2) is 28.2 Å². The molecular weight excluding hydrogens is 446 g/mol. The zero-order valence-electron chi connectivity index (χ0n) is 19.2. The predicted molar refractivity (Wildman–Crippen MR) is 136 cm³/mol. The minimum atomic E-state index is -0.765. The second-order valence-corrected chi connectivity index (χ2v) is 9.29. The molecule has 2 N–H and O–H groups in total. The Morgan fingerprint density at radius 2 is 1.71 bits per heavy atom. The van der Waals surface area contributed by atoms with Crippen molar-refractivity contribution in [2.45, 2.75) is 32.7 Å². The first-order valence-electron chi connectivity index (χ1n) is 11.4. The maximum atomic E-state index is 13.7. The summed E-state index contributed by atoms with van der Waals surface area (Å²) in [5.41, 5.74) is 6.59. The molecule has 1 atom stereocenters. The van der Waals surface area contributed by atoms with Gasteiger partial charge in [-0.2, -0.15) is 0 Å². The molecule has 0 aliphatic carbocycles. The highest BCUT2D eigenvalue weighted by atomic mass is 35.5. The number of rotatable bonds is 4. The minimum Gasteiger partial charge on any atom is -0.358 e. The van der Waals surface area contributed by atoms with Crippen LogP contribution in [0.3, 0.4) is 0 Å². The average molecular weight is 472 g/mol. The van der Waals surface area contributed by atoms with E-state index in [-0.39, 0.29) is 18.2 Å². The van der Waals surface area contributed by atoms with Gasteiger partial charge in [0.05, 0.1) is 6.42 Å². The Balaban J connectivity index is 1.51. The van der Waals surface area contributed by atoms with Crippen molar-refractivity contribution in [3.63, 3.8) is 0 Å². The average Bonchev–Trinajstić information content (AvgIpc) is 3.08. The molecule has 0 saturated heterocycles. The number of nitrogens with zero attached hydrogens (tertiary/aromatic N) is 1. The van der Waals surface area contributed by atoms with Crippen LogP contribution < -0.4 is 5.32 Å². The van der Waals surface area contributed by atoms with Gasteiger partial charge in [-0.05, 0) is 60.7 Å². The maximum absolute atomic E-state index is 13.7. The lowest BCUT2D eigenvalue weighted by atomic mass is 10.0. The number of aryl methyl sites for hydroxylation is 2. The maximum Gasteiger partial charge on any atom is 0.251 e. The quantitative estimate of drug-likeness (QED) is 0.398. The molecule has 0 spiro atoms. The van der Waals surface area contributed by atoms with Crippen LogP contribution in [0.1, 0.15) is 34.0 Å². The second-order valence-electron chi connectivity index (χ2n) is 8.85. The fourth-order valence-electron chi connectivity index (χ4n) is 4.90. The van der Waals surface area contributed by atoms with E-state index in [9.17, 15) is 9.59 Å². The molecule has 5 nitrogen and oxygen atoms in total. The summed E-state index contributed by atoms with van der Waals surface area (Å²) in [4.78, 5) is 32.4. The van der Waals surface area contributed by atoms with Crippen LogP contribution in [0.2, 0.25) is 5.02 Å². The van der Waals surface area contributed by atoms with E-state index in [0.717, 1.165) is 44.5 Å². The fourth-order valence-corrected chi connectivity index (χ4v) is 5.02. The Kier molecular flexibility index (Phi) is 5.88. The Hall–Kier alpha value is -3.57. The van der Waals surface area contributed by atoms with Crippen LogP contribution >= 0.6 is 11.6 Å². The zero-order chi connectivity index (χ0) is 23.8. The molecule has 1 aromatic heterocycles. The molecule has 0 fully saturated rings. The monoisotopic (exact) mass is 471 g/mol. The summed E-state index contributed by atoms with van der Waals surface area (Å²) in [6.07, 6.45) is 0.899. The van der Waals surface area contributed by atoms with E-state index in [1.165, 1.54) is 0 Å². The largest absolute Gasteiger partial charge is 0.358 e. The van der Waals surface area contributed by atoms with Gasteiger partial charge in [0.1, 0.15) is 6.04 Å². The first-order valence-corrected chi connectivity index (χ1v) is 11.8. The van der Waals surface area contributed by atoms with E-state index in [4.69, 9.17) is 11.6 Å². The highest BCUT2D eigenvalue weighted by Crippen LogP contribution is 2.32. The van der Waals surface area contributed by atoms with Crippen molar-refractivity contribution in [1.82, 2.24) is 9.88 Å². The highest BCUT2D eigenvalue weighted by molar-refractivity contribution is 6.30. The number of aromatic nitrogens is 1. The predicted octanol–water partition coefficient (Wildman–Crippen LogP) is 5.75. The van der Waals surface area contributed by atoms with Crippen LogP contribution in [0.4, 0.5) is 5.69 Å². The number of nitrogens with one attached hydrogen (secondary N) is 2. The Morgan fingerprint density at radius 1 is 1.00 bits per heavy atom. The van der Waals surface area contributed by atoms with E-state index in [2.05, 4.69) is 16.4 Å². The summed E-state index contributed by atoms with van der Waals surface area (Å²) in [5.74, 6) is -0.314. The molecule has 0 radical (unpaired) electrons. The number of halogens is 1. The van der Waals surface area contributed by atoms with Crippen molar-refractivity contribution in [3.05, 3.63) is 99.7 Å². The van der Waals surface area contributed by atoms with Gasteiger partial charge < -0.3 is 15.2 Å². The van der Waals surface area contributed by atoms with E-state index < -0.39 is 6.04 Å². The summed E-state index contributed by atoms with van der Waals surface area (Å²) in [5, 5.41) is 4.82. The molecular formula is C28H26ClN3O2. The normalized spacial score (nSPS) is 14.6. The number of amides is 2. The SMILES string of the molecule is Cc1cccc(C)c1NC(=O)C(c1ccc(Cl)cc1)N1CCc2c([nH]c3ccccc23)CC1=O. The number of fused-ring (bicyclic) bond motifs is 3. The molecule has 34 heavy (non-hydrogen) atoms. The van der Waals surface area contributed by atoms with Gasteiger partial charge in [0.25, 0.3) is 5.91 Å². The smallest absolute Gasteiger partial charge is 0.251 e. The number of aromatic amines is 1. The van der Waals surface area contributed by atoms with Crippen molar-refractivity contribution in [2.24, 2.45) is 0 Å². The summed E-state index contributed by atoms with van der Waals surface area (Å²) < 4.78 is 0. The number of para-hydroxylation sites is 2. The molecule has 0 bridgehead atoms. The van der Waals surface area contributed by atoms with Crippen molar-refractivity contribution in [3.8, 4) is 0 Å². The van der Waals surface area contributed by atoms with Crippen LogP contribution in [0.5, 0.6) is 0 Å². The van der Waals surface area contributed by atoms with Crippen molar-refractivity contribution in [1.29, 1.82) is 0 Å². The van der Waals surface area contributed by atoms with Crippen LogP contribution in [0.15, 0.2) is 66.7 Å². The van der Waals surface area contributed by atoms with Gasteiger partial charge in [0.15, 0.2) is 0 Å². The van der Waals surface area contributed by atoms with Gasteiger partial charge >= 0.3 is 0 Å². The molecule has 2 amide bonds. The molecule has 6 heteroatoms. The fraction of sp³-hybridized carbons (Fsp3) is 0.214. The first-order chi connectivity index (χ1) is 16.4. The van der Waals surface area contributed by atoms with Crippen LogP contribution in [0, 0.1) is 13.8 Å². The van der Waals surface area contributed by atoms with Crippen LogP contribution in [-0.2, 0) is 22.4 Å². The van der Waals surface area contributed by atoms with E-state index >= 15 is 0 Å². The molecule has 3 aromatic carbocycles. The lowest BCUT2D eigenvalue weighted by Crippen LogP contribution is -2.42. The molecule has 1 unspecified atom stereocenters. The number of anilines is 1. The molecule has 0 saturated carbocycles. The number of hydrogen-bond acceptors (Lipinski definition) is 2. The number of hydrogen-bond donors (Lipinski definition) is 2. The standard InChI is InChI=1S/C28H26ClN3O2/c1-17-6-5-7-18(2)26(17)31-28(34)27(19-10-12-20(29)13-11-19)32-15-14-22-21-8-3-4-9-23(21)30-24(22)16-25(32)33/h3-13,27,30H,14-16H2,1-2H3,(H,31,34). The van der Waals surface area contributed by atoms with Gasteiger partial charge in [-0.3, -0.25) is 9.59 Å². The van der Waals surface area contributed by atoms with E-state index in [0.29, 0.717) is 18.0 Å². The number of H-pyrrole nitrogens is 1. The number of carbonyl (C=O) groups is 2. The minimum absolute atomic E-state index is 0.0816. The molecule has 4 aromatic rings. The van der Waals surface area contributed by atoms with Gasteiger partial charge in [-0.15, -0.1) is 0 Å². The first kappa shape index (κ1) is 22.2. The summed E-state index contributed by atoms with van der Waals surface area (Å²) >= 11 is 6.12. The van der Waals surface area contributed by atoms with Gasteiger partial charge in [0, 0.05) is 33.9 Å². The van der Waals surface area contributed by atoms with Crippen molar-refractivity contribution in [2.75, 3.05) is 11.9 Å². The Morgan fingerprint density at radius 3 is 2.44 bits per heavy atom. The lowest BCUT2D eigenvalue weighted by molar-refractivity contribution is -0.138. The topological polar surface area (TPSA) is 65.2 Å². The van der Waals surface area contributed by atoms with Gasteiger partial charge in [0.2, 0.25) is 5.91 Å². The molecule has 172 valence electrons. The number of carbonyl (C=O) groups excluding carboxylic acids is 2. The third kappa shape index (κ3) is 4.08. The second kappa shape index (κ2) is 8.99. The summed E-state index contributed by atoms with van der Waals surface area (Å²) in [7, 11) is 0. The lowest BCUT2D eigenvalue weighted by Gasteiger charge is -2.31. The third-order valence-corrected chi connectivity index (χ3v) is 6.88. The summed E-state index contributed by atoms with van der Waals surface area (Å²) in [6.45, 7) is 4.38. The summed E-state index contributed by atoms with van der Waals surface area (Å²) in [6, 6.07) is 20.4. The van der Waals surface area contributed by atoms with Crippen molar-refractivity contribution < 1.29 is 9.59 Å². The molecule has 5 rings (SSSR count). The highest BCUT2D eigenvalue weighted by Gasteiger charge is 2.34. The third-order valence-electron chi connectivity index (χ3n) is 6.63. The van der Waals surface area contributed by atoms with Crippen LogP contribution in [0.25, 0.3) is 10.9 Å². The Labute approximate surface area is 203 Å². The number of benzene rings is 3. The van der Waals surface area contributed by atoms with E-state index in [1.807, 2.05) is 62.4 Å². The van der Waals surface area contributed by atoms with Crippen molar-refractivity contribution >= 4 is 40.0 Å². The Bertz CT molecular complexity index is 1370. The van der Waals surface area contributed by atoms with E-state index in [1.54, 1.807) is 17.0 Å². The van der Waals surface area contributed by atoms with Gasteiger partial charge in [-0.25, -0.2) is 0 Å². The van der Waals surface area contributed by atoms with Gasteiger partial charge in [-0.1, -0.05) is 60.1 Å². The molecule has 1 aliphatic rings. The molecule has 2 heterocycles. The zero-order valence-corrected chi connectivity index (χ0v) is 19.9.